The largest absolute Gasteiger partial charge is 0.491 e. The van der Waals surface area contributed by atoms with E-state index in [1.54, 1.807) is 24.3 Å². The number of carbonyl (C=O) groups is 1. The van der Waals surface area contributed by atoms with Crippen LogP contribution in [0.4, 0.5) is 8.78 Å². The molecule has 0 saturated heterocycles. The number of methoxy groups -OCH3 is 1. The van der Waals surface area contributed by atoms with Crippen LogP contribution in [0.15, 0.2) is 36.4 Å². The van der Waals surface area contributed by atoms with Crippen molar-refractivity contribution >= 4 is 5.97 Å². The fraction of sp³-hybridized carbons (Fsp3) is 0.400. The Balaban J connectivity index is 1.75. The van der Waals surface area contributed by atoms with Gasteiger partial charge in [0.25, 0.3) is 11.8 Å². The third kappa shape index (κ3) is 4.93. The zero-order valence-electron chi connectivity index (χ0n) is 15.0. The van der Waals surface area contributed by atoms with Crippen LogP contribution in [-0.4, -0.2) is 29.3 Å². The first-order chi connectivity index (χ1) is 12.9. The number of rotatable bonds is 9. The molecule has 27 heavy (non-hydrogen) atoms. The Morgan fingerprint density at radius 3 is 2.52 bits per heavy atom. The molecule has 1 aromatic carbocycles. The van der Waals surface area contributed by atoms with Crippen LogP contribution in [0.25, 0.3) is 11.3 Å². The van der Waals surface area contributed by atoms with Gasteiger partial charge in [0.05, 0.1) is 12.8 Å². The van der Waals surface area contributed by atoms with Crippen LogP contribution in [-0.2, 0) is 10.7 Å². The van der Waals surface area contributed by atoms with E-state index < -0.39 is 18.3 Å². The second-order valence-electron chi connectivity index (χ2n) is 6.55. The molecular weight excluding hydrogens is 356 g/mol. The number of aliphatic carboxylic acids is 1. The normalized spacial score (nSPS) is 14.0. The van der Waals surface area contributed by atoms with E-state index in [4.69, 9.17) is 14.6 Å². The number of hydrogen-bond donors (Lipinski definition) is 1. The van der Waals surface area contributed by atoms with Crippen LogP contribution in [0.5, 0.6) is 11.6 Å². The number of halogens is 2. The number of benzene rings is 1. The van der Waals surface area contributed by atoms with Gasteiger partial charge in [-0.2, -0.15) is 0 Å². The molecule has 0 bridgehead atoms. The van der Waals surface area contributed by atoms with Crippen molar-refractivity contribution in [3.63, 3.8) is 0 Å². The molecule has 0 amide bonds. The monoisotopic (exact) mass is 377 g/mol. The third-order valence-electron chi connectivity index (χ3n) is 4.33. The first-order valence-corrected chi connectivity index (χ1v) is 8.81. The number of ether oxygens (including phenoxy) is 2. The fourth-order valence-electron chi connectivity index (χ4n) is 2.66. The van der Waals surface area contributed by atoms with Gasteiger partial charge < -0.3 is 14.6 Å². The Morgan fingerprint density at radius 1 is 1.22 bits per heavy atom. The lowest BCUT2D eigenvalue weighted by molar-refractivity contribution is -0.137. The molecule has 3 rings (SSSR count). The Hall–Kier alpha value is -2.70. The van der Waals surface area contributed by atoms with Gasteiger partial charge in [-0.3, -0.25) is 4.79 Å². The highest BCUT2D eigenvalue weighted by atomic mass is 19.3. The summed E-state index contributed by atoms with van der Waals surface area (Å²) in [5.41, 5.74) is 1.15. The minimum absolute atomic E-state index is 0.0774. The molecule has 1 N–H and O–H groups in total. The Bertz CT molecular complexity index is 804. The average Bonchev–Trinajstić information content (AvgIpc) is 3.45. The highest BCUT2D eigenvalue weighted by Crippen LogP contribution is 2.36. The summed E-state index contributed by atoms with van der Waals surface area (Å²) in [5.74, 6) is -3.20. The van der Waals surface area contributed by atoms with Gasteiger partial charge in [-0.25, -0.2) is 13.8 Å². The lowest BCUT2D eigenvalue weighted by Gasteiger charge is -2.17. The zero-order chi connectivity index (χ0) is 19.4. The molecular formula is C20H21F2NO4. The maximum atomic E-state index is 14.2. The summed E-state index contributed by atoms with van der Waals surface area (Å²) in [4.78, 5) is 15.0. The molecule has 0 radical (unpaired) electrons. The van der Waals surface area contributed by atoms with Crippen LogP contribution in [0.2, 0.25) is 0 Å². The summed E-state index contributed by atoms with van der Waals surface area (Å²) >= 11 is 0. The lowest BCUT2D eigenvalue weighted by atomic mass is 10.0. The molecule has 0 unspecified atom stereocenters. The number of carboxylic acids is 1. The maximum absolute atomic E-state index is 14.2. The van der Waals surface area contributed by atoms with Gasteiger partial charge >= 0.3 is 5.97 Å². The van der Waals surface area contributed by atoms with Crippen LogP contribution in [0, 0.1) is 0 Å². The SMILES string of the molecule is COc1ccc(-c2ccc(C(F)(F)CCCC(=O)O)cc2)nc1OC1CC1. The smallest absolute Gasteiger partial charge is 0.303 e. The average molecular weight is 377 g/mol. The quantitative estimate of drug-likeness (QED) is 0.689. The first-order valence-electron chi connectivity index (χ1n) is 8.81. The van der Waals surface area contributed by atoms with Crippen molar-refractivity contribution in [2.45, 2.75) is 44.1 Å². The van der Waals surface area contributed by atoms with Gasteiger partial charge in [0.2, 0.25) is 0 Å². The molecule has 2 aromatic rings. The number of carboxylic acid groups (broad SMARTS) is 1. The molecule has 7 heteroatoms. The van der Waals surface area contributed by atoms with Crippen LogP contribution >= 0.6 is 0 Å². The molecule has 1 saturated carbocycles. The molecule has 0 spiro atoms. The van der Waals surface area contributed by atoms with E-state index in [1.165, 1.54) is 19.2 Å². The van der Waals surface area contributed by atoms with Gasteiger partial charge in [-0.05, 0) is 31.4 Å². The van der Waals surface area contributed by atoms with E-state index in [9.17, 15) is 13.6 Å². The van der Waals surface area contributed by atoms with Crippen molar-refractivity contribution in [3.05, 3.63) is 42.0 Å². The predicted molar refractivity (Wildman–Crippen MR) is 95.3 cm³/mol. The van der Waals surface area contributed by atoms with Gasteiger partial charge in [-0.1, -0.05) is 24.3 Å². The van der Waals surface area contributed by atoms with Crippen molar-refractivity contribution < 1.29 is 28.2 Å². The molecule has 0 aliphatic heterocycles. The van der Waals surface area contributed by atoms with E-state index in [0.29, 0.717) is 22.9 Å². The summed E-state index contributed by atoms with van der Waals surface area (Å²) in [6.45, 7) is 0. The topological polar surface area (TPSA) is 68.7 Å². The first kappa shape index (κ1) is 19.1. The molecule has 1 fully saturated rings. The number of pyridine rings is 1. The maximum Gasteiger partial charge on any atom is 0.303 e. The van der Waals surface area contributed by atoms with Gasteiger partial charge in [0.1, 0.15) is 6.10 Å². The van der Waals surface area contributed by atoms with E-state index >= 15 is 0 Å². The van der Waals surface area contributed by atoms with E-state index in [-0.39, 0.29) is 24.5 Å². The van der Waals surface area contributed by atoms with E-state index in [2.05, 4.69) is 4.98 Å². The van der Waals surface area contributed by atoms with Crippen LogP contribution in [0.3, 0.4) is 0 Å². The summed E-state index contributed by atoms with van der Waals surface area (Å²) in [6.07, 6.45) is 1.29. The lowest BCUT2D eigenvalue weighted by Crippen LogP contribution is -2.13. The Labute approximate surface area is 156 Å². The predicted octanol–water partition coefficient (Wildman–Crippen LogP) is 4.65. The molecule has 144 valence electrons. The summed E-state index contributed by atoms with van der Waals surface area (Å²) in [6, 6.07) is 9.35. The van der Waals surface area contributed by atoms with Crippen molar-refractivity contribution in [2.75, 3.05) is 7.11 Å². The van der Waals surface area contributed by atoms with Crippen LogP contribution < -0.4 is 9.47 Å². The third-order valence-corrected chi connectivity index (χ3v) is 4.33. The Kier molecular flexibility index (Phi) is 5.58. The summed E-state index contributed by atoms with van der Waals surface area (Å²) in [5, 5.41) is 8.59. The molecule has 1 aliphatic rings. The minimum atomic E-state index is -3.07. The molecule has 1 aliphatic carbocycles. The van der Waals surface area contributed by atoms with E-state index in [1.807, 2.05) is 0 Å². The zero-order valence-corrected chi connectivity index (χ0v) is 15.0. The van der Waals surface area contributed by atoms with Crippen molar-refractivity contribution in [1.82, 2.24) is 4.98 Å². The standard InChI is InChI=1S/C20H21F2NO4/c1-26-17-11-10-16(23-19(17)27-15-8-9-15)13-4-6-14(7-5-13)20(21,22)12-2-3-18(24)25/h4-7,10-11,15H,2-3,8-9,12H2,1H3,(H,24,25). The van der Waals surface area contributed by atoms with Crippen molar-refractivity contribution in [3.8, 4) is 22.9 Å². The fourth-order valence-corrected chi connectivity index (χ4v) is 2.66. The number of nitrogens with zero attached hydrogens (tertiary/aromatic N) is 1. The number of hydrogen-bond acceptors (Lipinski definition) is 4. The van der Waals surface area contributed by atoms with Crippen molar-refractivity contribution in [2.24, 2.45) is 0 Å². The minimum Gasteiger partial charge on any atom is -0.491 e. The second kappa shape index (κ2) is 7.90. The molecule has 5 nitrogen and oxygen atoms in total. The number of aromatic nitrogens is 1. The highest BCUT2D eigenvalue weighted by molar-refractivity contribution is 5.66. The molecule has 1 aromatic heterocycles. The summed E-state index contributed by atoms with van der Waals surface area (Å²) in [7, 11) is 1.54. The van der Waals surface area contributed by atoms with Crippen molar-refractivity contribution in [1.29, 1.82) is 0 Å². The van der Waals surface area contributed by atoms with Crippen LogP contribution in [0.1, 0.15) is 37.7 Å². The molecule has 0 atom stereocenters. The molecule has 1 heterocycles. The van der Waals surface area contributed by atoms with Gasteiger partial charge in [0, 0.05) is 24.0 Å². The van der Waals surface area contributed by atoms with Gasteiger partial charge in [0.15, 0.2) is 5.75 Å². The summed E-state index contributed by atoms with van der Waals surface area (Å²) < 4.78 is 39.4. The second-order valence-corrected chi connectivity index (χ2v) is 6.55. The Morgan fingerprint density at radius 2 is 1.93 bits per heavy atom. The van der Waals surface area contributed by atoms with Gasteiger partial charge in [-0.15, -0.1) is 0 Å². The number of alkyl halides is 2. The van der Waals surface area contributed by atoms with E-state index in [0.717, 1.165) is 12.8 Å². The highest BCUT2D eigenvalue weighted by Gasteiger charge is 2.31.